The first kappa shape index (κ1) is 28.6. The number of fused-ring (bicyclic) bond motifs is 2. The molecule has 2 heterocycles. The van der Waals surface area contributed by atoms with Gasteiger partial charge in [0.05, 0.1) is 21.0 Å². The number of ether oxygens (including phenoxy) is 3. The van der Waals surface area contributed by atoms with Crippen LogP contribution in [0.5, 0.6) is 5.75 Å². The molecule has 5 atom stereocenters. The van der Waals surface area contributed by atoms with Crippen molar-refractivity contribution < 1.29 is 28.6 Å². The second kappa shape index (κ2) is 10.8. The third-order valence-corrected chi connectivity index (χ3v) is 9.84. The van der Waals surface area contributed by atoms with E-state index in [2.05, 4.69) is 18.5 Å². The number of carbonyl (C=O) groups excluding carboxylic acids is 3. The van der Waals surface area contributed by atoms with Crippen molar-refractivity contribution in [3.05, 3.63) is 58.2 Å². The van der Waals surface area contributed by atoms with Crippen molar-refractivity contribution in [1.82, 2.24) is 4.98 Å². The predicted octanol–water partition coefficient (Wildman–Crippen LogP) is 6.68. The van der Waals surface area contributed by atoms with Gasteiger partial charge >= 0.3 is 11.9 Å². The summed E-state index contributed by atoms with van der Waals surface area (Å²) in [5.74, 6) is -0.306. The lowest BCUT2D eigenvalue weighted by molar-refractivity contribution is -0.162. The molecule has 0 spiro atoms. The van der Waals surface area contributed by atoms with Crippen molar-refractivity contribution in [2.24, 2.45) is 22.7 Å². The minimum atomic E-state index is -0.762. The molecule has 212 valence electrons. The van der Waals surface area contributed by atoms with Crippen molar-refractivity contribution in [2.45, 2.75) is 59.0 Å². The van der Waals surface area contributed by atoms with Crippen LogP contribution in [-0.4, -0.2) is 42.0 Å². The molecule has 0 unspecified atom stereocenters. The molecule has 1 aromatic carbocycles. The summed E-state index contributed by atoms with van der Waals surface area (Å²) in [5.41, 5.74) is 1.01. The molecule has 2 saturated carbocycles. The number of rotatable bonds is 6. The first-order valence-electron chi connectivity index (χ1n) is 13.6. The van der Waals surface area contributed by atoms with Gasteiger partial charge < -0.3 is 14.2 Å². The van der Waals surface area contributed by atoms with Crippen LogP contribution < -0.4 is 4.74 Å². The van der Waals surface area contributed by atoms with Crippen molar-refractivity contribution in [3.8, 4) is 5.75 Å². The molecule has 9 heteroatoms. The maximum atomic E-state index is 13.2. The van der Waals surface area contributed by atoms with Crippen molar-refractivity contribution in [1.29, 1.82) is 0 Å². The van der Waals surface area contributed by atoms with E-state index < -0.39 is 23.5 Å². The molecule has 0 N–H and O–H groups in total. The Labute approximate surface area is 243 Å². The number of carbonyl (C=O) groups is 3. The van der Waals surface area contributed by atoms with Crippen LogP contribution in [0.3, 0.4) is 0 Å². The highest BCUT2D eigenvalue weighted by molar-refractivity contribution is 6.39. The van der Waals surface area contributed by atoms with E-state index in [4.69, 9.17) is 37.4 Å². The summed E-state index contributed by atoms with van der Waals surface area (Å²) >= 11 is 12.9. The second-order valence-corrected chi connectivity index (χ2v) is 12.4. The molecular weight excluding hydrogens is 553 g/mol. The van der Waals surface area contributed by atoms with Gasteiger partial charge in [0.25, 0.3) is 0 Å². The number of hydrogen-bond donors (Lipinski definition) is 0. The van der Waals surface area contributed by atoms with E-state index >= 15 is 0 Å². The summed E-state index contributed by atoms with van der Waals surface area (Å²) in [6, 6.07) is 5.21. The molecule has 2 aromatic rings. The van der Waals surface area contributed by atoms with Crippen molar-refractivity contribution in [2.75, 3.05) is 13.2 Å². The first-order chi connectivity index (χ1) is 19.0. The zero-order valence-corrected chi connectivity index (χ0v) is 24.4. The van der Waals surface area contributed by atoms with Crippen LogP contribution in [-0.2, 0) is 23.9 Å². The van der Waals surface area contributed by atoms with E-state index in [1.54, 1.807) is 18.3 Å². The van der Waals surface area contributed by atoms with Gasteiger partial charge in [-0.1, -0.05) is 48.4 Å². The van der Waals surface area contributed by atoms with Crippen molar-refractivity contribution >= 4 is 51.8 Å². The standard InChI is InChI=1S/C31H33Cl2NO6/c1-17-7-10-25-30(3,12-11-26(36)31(25,4)16-39-18(2)35)21(17)9-8-20-24(15-38-29(20)37)40-28-23(33)14-22(32)19-6-5-13-34-27(19)28/h5-6,8,13-14,21,24-25H,1,7,9-12,15-16H2,2-4H3/b20-8+/t21-,24+,25+,30+,31+/m1/s1. The van der Waals surface area contributed by atoms with Gasteiger partial charge in [-0.15, -0.1) is 0 Å². The van der Waals surface area contributed by atoms with Gasteiger partial charge in [0.2, 0.25) is 0 Å². The topological polar surface area (TPSA) is 91.8 Å². The Bertz CT molecular complexity index is 1440. The molecule has 1 aliphatic heterocycles. The molecular formula is C31H33Cl2NO6. The number of pyridine rings is 1. The monoisotopic (exact) mass is 585 g/mol. The quantitative estimate of drug-likeness (QED) is 0.212. The highest BCUT2D eigenvalue weighted by atomic mass is 35.5. The van der Waals surface area contributed by atoms with Crippen molar-refractivity contribution in [3.63, 3.8) is 0 Å². The fraction of sp³-hybridized carbons (Fsp3) is 0.484. The molecule has 3 aliphatic rings. The molecule has 40 heavy (non-hydrogen) atoms. The average Bonchev–Trinajstić information content (AvgIpc) is 3.26. The Morgan fingerprint density at radius 1 is 1.25 bits per heavy atom. The van der Waals surface area contributed by atoms with E-state index in [0.717, 1.165) is 18.4 Å². The Morgan fingerprint density at radius 2 is 2.02 bits per heavy atom. The van der Waals surface area contributed by atoms with Crippen LogP contribution in [0.2, 0.25) is 10.0 Å². The summed E-state index contributed by atoms with van der Waals surface area (Å²) < 4.78 is 17.1. The summed E-state index contributed by atoms with van der Waals surface area (Å²) in [6.45, 7) is 10.0. The molecule has 5 rings (SSSR count). The van der Waals surface area contributed by atoms with Crippen LogP contribution in [0.15, 0.2) is 48.2 Å². The maximum absolute atomic E-state index is 13.2. The lowest BCUT2D eigenvalue weighted by atomic mass is 9.46. The number of allylic oxidation sites excluding steroid dienone is 2. The fourth-order valence-corrected chi connectivity index (χ4v) is 7.64. The smallest absolute Gasteiger partial charge is 0.337 e. The Hall–Kier alpha value is -2.90. The van der Waals surface area contributed by atoms with E-state index in [0.29, 0.717) is 51.5 Å². The number of cyclic esters (lactones) is 1. The van der Waals surface area contributed by atoms with Crippen LogP contribution >= 0.6 is 23.2 Å². The van der Waals surface area contributed by atoms with Gasteiger partial charge in [0, 0.05) is 24.9 Å². The Morgan fingerprint density at radius 3 is 2.77 bits per heavy atom. The minimum Gasteiger partial charge on any atom is -0.478 e. The normalized spacial score (nSPS) is 31.3. The van der Waals surface area contributed by atoms with Gasteiger partial charge in [-0.3, -0.25) is 14.6 Å². The van der Waals surface area contributed by atoms with Crippen LogP contribution in [0.1, 0.15) is 52.9 Å². The van der Waals surface area contributed by atoms with Gasteiger partial charge in [0.15, 0.2) is 11.9 Å². The highest BCUT2D eigenvalue weighted by Gasteiger charge is 2.58. The molecule has 0 bridgehead atoms. The zero-order valence-electron chi connectivity index (χ0n) is 22.9. The molecule has 2 aliphatic carbocycles. The summed E-state index contributed by atoms with van der Waals surface area (Å²) in [7, 11) is 0. The molecule has 1 aromatic heterocycles. The van der Waals surface area contributed by atoms with E-state index in [1.807, 2.05) is 19.1 Å². The molecule has 1 saturated heterocycles. The third-order valence-electron chi connectivity index (χ3n) is 9.24. The molecule has 7 nitrogen and oxygen atoms in total. The summed E-state index contributed by atoms with van der Waals surface area (Å²) in [4.78, 5) is 42.0. The number of nitrogens with zero attached hydrogens (tertiary/aromatic N) is 1. The number of hydrogen-bond acceptors (Lipinski definition) is 7. The van der Waals surface area contributed by atoms with Crippen LogP contribution in [0.4, 0.5) is 0 Å². The van der Waals surface area contributed by atoms with E-state index in [-0.39, 0.29) is 36.2 Å². The summed E-state index contributed by atoms with van der Waals surface area (Å²) in [5, 5.41) is 1.45. The number of ketones is 1. The number of aromatic nitrogens is 1. The zero-order chi connectivity index (χ0) is 28.8. The van der Waals surface area contributed by atoms with Gasteiger partial charge in [-0.05, 0) is 68.1 Å². The summed E-state index contributed by atoms with van der Waals surface area (Å²) in [6.07, 6.45) is 6.08. The number of esters is 2. The first-order valence-corrected chi connectivity index (χ1v) is 14.3. The van der Waals surface area contributed by atoms with E-state index in [9.17, 15) is 14.4 Å². The highest BCUT2D eigenvalue weighted by Crippen LogP contribution is 2.61. The molecule has 3 fully saturated rings. The third kappa shape index (κ3) is 4.92. The molecule has 0 amide bonds. The van der Waals surface area contributed by atoms with E-state index in [1.165, 1.54) is 6.92 Å². The van der Waals surface area contributed by atoms with Crippen LogP contribution in [0.25, 0.3) is 10.9 Å². The predicted molar refractivity (Wildman–Crippen MR) is 152 cm³/mol. The maximum Gasteiger partial charge on any atom is 0.337 e. The SMILES string of the molecule is C=C1CC[C@H]2[C@@](C)(CCC(=O)[C@@]2(C)COC(C)=O)[C@@H]1C/C=C1/C(=O)OC[C@@H]1Oc1c(Cl)cc(Cl)c2cccnc12. The largest absolute Gasteiger partial charge is 0.478 e. The average molecular weight is 587 g/mol. The molecule has 0 radical (unpaired) electrons. The Balaban J connectivity index is 1.43. The lowest BCUT2D eigenvalue weighted by Gasteiger charge is -2.57. The van der Waals surface area contributed by atoms with Gasteiger partial charge in [0.1, 0.15) is 24.5 Å². The number of halogens is 2. The van der Waals surface area contributed by atoms with Gasteiger partial charge in [-0.2, -0.15) is 0 Å². The number of Topliss-reactive ketones (excluding diaryl/α,β-unsaturated/α-hetero) is 1. The lowest BCUT2D eigenvalue weighted by Crippen LogP contribution is -2.56. The number of benzene rings is 1. The van der Waals surface area contributed by atoms with Crippen LogP contribution in [0, 0.1) is 22.7 Å². The fourth-order valence-electron chi connectivity index (χ4n) is 7.08. The minimum absolute atomic E-state index is 0.0161. The Kier molecular flexibility index (Phi) is 7.75. The second-order valence-electron chi connectivity index (χ2n) is 11.6. The van der Waals surface area contributed by atoms with Gasteiger partial charge in [-0.25, -0.2) is 4.79 Å².